The van der Waals surface area contributed by atoms with Gasteiger partial charge in [0.2, 0.25) is 0 Å². The summed E-state index contributed by atoms with van der Waals surface area (Å²) in [6.07, 6.45) is 7.87. The summed E-state index contributed by atoms with van der Waals surface area (Å²) in [5, 5.41) is 3.31. The maximum absolute atomic E-state index is 13.8. The Morgan fingerprint density at radius 3 is 2.71 bits per heavy atom. The average Bonchev–Trinajstić information content (AvgIpc) is 2.92. The number of rotatable bonds is 7. The van der Waals surface area contributed by atoms with E-state index in [-0.39, 0.29) is 11.9 Å². The second-order valence-electron chi connectivity index (χ2n) is 6.26. The molecular formula is C17H27FN2O. The molecule has 4 heteroatoms. The van der Waals surface area contributed by atoms with Gasteiger partial charge in [-0.3, -0.25) is 0 Å². The maximum Gasteiger partial charge on any atom is 0.167 e. The second kappa shape index (κ2) is 7.53. The summed E-state index contributed by atoms with van der Waals surface area (Å²) in [4.78, 5) is 0. The van der Waals surface area contributed by atoms with Gasteiger partial charge in [0.05, 0.1) is 17.5 Å². The van der Waals surface area contributed by atoms with Crippen molar-refractivity contribution in [3.8, 4) is 5.75 Å². The van der Waals surface area contributed by atoms with Gasteiger partial charge in [-0.15, -0.1) is 0 Å². The Hall–Kier alpha value is -1.45. The first-order chi connectivity index (χ1) is 10.1. The smallest absolute Gasteiger partial charge is 0.167 e. The molecule has 0 aliphatic heterocycles. The SMILES string of the molecule is CC(C)Oc1cc(NCCCC2CCCC2)c(N)cc1F. The summed E-state index contributed by atoms with van der Waals surface area (Å²) in [6.45, 7) is 4.63. The minimum atomic E-state index is -0.405. The van der Waals surface area contributed by atoms with Crippen LogP contribution >= 0.6 is 0 Å². The molecule has 0 aromatic heterocycles. The summed E-state index contributed by atoms with van der Waals surface area (Å²) in [5.74, 6) is 0.757. The van der Waals surface area contributed by atoms with Gasteiger partial charge in [-0.1, -0.05) is 25.7 Å². The Bertz CT molecular complexity index is 456. The van der Waals surface area contributed by atoms with Crippen molar-refractivity contribution < 1.29 is 9.13 Å². The second-order valence-corrected chi connectivity index (χ2v) is 6.26. The summed E-state index contributed by atoms with van der Waals surface area (Å²) in [7, 11) is 0. The molecule has 2 rings (SSSR count). The molecule has 118 valence electrons. The number of ether oxygens (including phenoxy) is 1. The normalized spacial score (nSPS) is 15.6. The molecule has 0 bridgehead atoms. The van der Waals surface area contributed by atoms with Crippen LogP contribution in [0.2, 0.25) is 0 Å². The molecule has 0 spiro atoms. The van der Waals surface area contributed by atoms with Gasteiger partial charge >= 0.3 is 0 Å². The summed E-state index contributed by atoms with van der Waals surface area (Å²) in [5.41, 5.74) is 7.06. The number of nitrogens with two attached hydrogens (primary N) is 1. The van der Waals surface area contributed by atoms with E-state index in [0.29, 0.717) is 5.69 Å². The lowest BCUT2D eigenvalue weighted by molar-refractivity contribution is 0.231. The van der Waals surface area contributed by atoms with Gasteiger partial charge in [-0.25, -0.2) is 4.39 Å². The predicted molar refractivity (Wildman–Crippen MR) is 86.3 cm³/mol. The van der Waals surface area contributed by atoms with Crippen LogP contribution in [0, 0.1) is 11.7 Å². The zero-order valence-electron chi connectivity index (χ0n) is 13.1. The molecule has 0 heterocycles. The van der Waals surface area contributed by atoms with Gasteiger partial charge in [0, 0.05) is 18.7 Å². The van der Waals surface area contributed by atoms with Crippen LogP contribution < -0.4 is 15.8 Å². The van der Waals surface area contributed by atoms with Crippen LogP contribution in [0.15, 0.2) is 12.1 Å². The van der Waals surface area contributed by atoms with E-state index in [4.69, 9.17) is 10.5 Å². The van der Waals surface area contributed by atoms with Crippen LogP contribution in [0.3, 0.4) is 0 Å². The molecular weight excluding hydrogens is 267 g/mol. The van der Waals surface area contributed by atoms with E-state index < -0.39 is 5.82 Å². The van der Waals surface area contributed by atoms with E-state index in [2.05, 4.69) is 5.32 Å². The molecule has 3 N–H and O–H groups in total. The fourth-order valence-corrected chi connectivity index (χ4v) is 2.98. The highest BCUT2D eigenvalue weighted by Crippen LogP contribution is 2.30. The molecule has 1 aliphatic rings. The van der Waals surface area contributed by atoms with Crippen LogP contribution in [0.25, 0.3) is 0 Å². The molecule has 1 fully saturated rings. The van der Waals surface area contributed by atoms with Gasteiger partial charge in [0.25, 0.3) is 0 Å². The number of hydrogen-bond acceptors (Lipinski definition) is 3. The van der Waals surface area contributed by atoms with E-state index in [0.717, 1.165) is 24.6 Å². The van der Waals surface area contributed by atoms with E-state index in [1.807, 2.05) is 13.8 Å². The van der Waals surface area contributed by atoms with Crippen LogP contribution in [-0.4, -0.2) is 12.6 Å². The third kappa shape index (κ3) is 4.80. The van der Waals surface area contributed by atoms with Crippen molar-refractivity contribution in [1.29, 1.82) is 0 Å². The number of anilines is 2. The third-order valence-corrected chi connectivity index (χ3v) is 4.05. The Labute approximate surface area is 127 Å². The van der Waals surface area contributed by atoms with Crippen LogP contribution in [0.5, 0.6) is 5.75 Å². The Balaban J connectivity index is 1.86. The van der Waals surface area contributed by atoms with Crippen LogP contribution in [-0.2, 0) is 0 Å². The van der Waals surface area contributed by atoms with Crippen molar-refractivity contribution in [3.63, 3.8) is 0 Å². The number of benzene rings is 1. The van der Waals surface area contributed by atoms with E-state index in [1.54, 1.807) is 6.07 Å². The van der Waals surface area contributed by atoms with Gasteiger partial charge in [-0.2, -0.15) is 0 Å². The first kappa shape index (κ1) is 15.9. The Morgan fingerprint density at radius 2 is 2.05 bits per heavy atom. The quantitative estimate of drug-likeness (QED) is 0.571. The fraction of sp³-hybridized carbons (Fsp3) is 0.647. The predicted octanol–water partition coefficient (Wildman–Crippen LogP) is 4.58. The number of halogens is 1. The number of hydrogen-bond donors (Lipinski definition) is 2. The van der Waals surface area contributed by atoms with Gasteiger partial charge in [-0.05, 0) is 32.6 Å². The molecule has 1 aromatic carbocycles. The van der Waals surface area contributed by atoms with Crippen molar-refractivity contribution in [2.24, 2.45) is 5.92 Å². The highest BCUT2D eigenvalue weighted by Gasteiger charge is 2.14. The van der Waals surface area contributed by atoms with Crippen molar-refractivity contribution in [2.75, 3.05) is 17.6 Å². The third-order valence-electron chi connectivity index (χ3n) is 4.05. The highest BCUT2D eigenvalue weighted by atomic mass is 19.1. The van der Waals surface area contributed by atoms with E-state index in [1.165, 1.54) is 38.2 Å². The fourth-order valence-electron chi connectivity index (χ4n) is 2.98. The van der Waals surface area contributed by atoms with Crippen molar-refractivity contribution in [3.05, 3.63) is 17.9 Å². The van der Waals surface area contributed by atoms with Crippen molar-refractivity contribution in [2.45, 2.75) is 58.5 Å². The van der Waals surface area contributed by atoms with Crippen molar-refractivity contribution in [1.82, 2.24) is 0 Å². The average molecular weight is 294 g/mol. The number of nitrogens with one attached hydrogen (secondary N) is 1. The lowest BCUT2D eigenvalue weighted by atomic mass is 10.0. The minimum absolute atomic E-state index is 0.0571. The topological polar surface area (TPSA) is 47.3 Å². The monoisotopic (exact) mass is 294 g/mol. The van der Waals surface area contributed by atoms with Gasteiger partial charge in [0.15, 0.2) is 11.6 Å². The lowest BCUT2D eigenvalue weighted by Crippen LogP contribution is -2.10. The van der Waals surface area contributed by atoms with Crippen LogP contribution in [0.4, 0.5) is 15.8 Å². The van der Waals surface area contributed by atoms with E-state index in [9.17, 15) is 4.39 Å². The molecule has 1 aliphatic carbocycles. The lowest BCUT2D eigenvalue weighted by Gasteiger charge is -2.15. The molecule has 0 atom stereocenters. The van der Waals surface area contributed by atoms with Crippen LogP contribution in [0.1, 0.15) is 52.4 Å². The molecule has 21 heavy (non-hydrogen) atoms. The van der Waals surface area contributed by atoms with Gasteiger partial charge in [0.1, 0.15) is 0 Å². The molecule has 1 aromatic rings. The molecule has 0 amide bonds. The standard InChI is InChI=1S/C17H27FN2O/c1-12(2)21-17-11-16(15(19)10-14(17)18)20-9-5-8-13-6-3-4-7-13/h10-13,20H,3-9,19H2,1-2H3. The zero-order chi connectivity index (χ0) is 15.2. The summed E-state index contributed by atoms with van der Waals surface area (Å²) >= 11 is 0. The molecule has 1 saturated carbocycles. The van der Waals surface area contributed by atoms with E-state index >= 15 is 0 Å². The first-order valence-electron chi connectivity index (χ1n) is 8.06. The van der Waals surface area contributed by atoms with Gasteiger partial charge < -0.3 is 15.8 Å². The first-order valence-corrected chi connectivity index (χ1v) is 8.06. The largest absolute Gasteiger partial charge is 0.488 e. The number of nitrogen functional groups attached to an aromatic ring is 1. The summed E-state index contributed by atoms with van der Waals surface area (Å²) < 4.78 is 19.2. The zero-order valence-corrected chi connectivity index (χ0v) is 13.1. The molecule has 0 radical (unpaired) electrons. The molecule has 3 nitrogen and oxygen atoms in total. The highest BCUT2D eigenvalue weighted by molar-refractivity contribution is 5.68. The Morgan fingerprint density at radius 1 is 1.33 bits per heavy atom. The molecule has 0 unspecified atom stereocenters. The maximum atomic E-state index is 13.8. The Kier molecular flexibility index (Phi) is 5.71. The minimum Gasteiger partial charge on any atom is -0.488 e. The summed E-state index contributed by atoms with van der Waals surface area (Å²) in [6, 6.07) is 3.00. The van der Waals surface area contributed by atoms with Crippen molar-refractivity contribution >= 4 is 11.4 Å². The molecule has 0 saturated heterocycles.